The van der Waals surface area contributed by atoms with Crippen LogP contribution in [0.3, 0.4) is 0 Å². The van der Waals surface area contributed by atoms with Crippen molar-refractivity contribution in [2.45, 2.75) is 40.0 Å². The molecule has 6 nitrogen and oxygen atoms in total. The fraction of sp³-hybridized carbons (Fsp3) is 0.462. The summed E-state index contributed by atoms with van der Waals surface area (Å²) in [6.07, 6.45) is 0. The molecule has 0 bridgehead atoms. The van der Waals surface area contributed by atoms with E-state index in [-0.39, 0.29) is 11.3 Å². The van der Waals surface area contributed by atoms with Crippen molar-refractivity contribution in [1.82, 2.24) is 10.2 Å². The van der Waals surface area contributed by atoms with Gasteiger partial charge in [-0.15, -0.1) is 0 Å². The molecular formula is C26H36N4O2. The third-order valence-corrected chi connectivity index (χ3v) is 5.80. The van der Waals surface area contributed by atoms with Crippen LogP contribution in [-0.2, 0) is 10.2 Å². The highest BCUT2D eigenvalue weighted by molar-refractivity contribution is 6.10. The molecule has 1 fully saturated rings. The zero-order chi connectivity index (χ0) is 23.1. The molecule has 0 radical (unpaired) electrons. The molecule has 32 heavy (non-hydrogen) atoms. The lowest BCUT2D eigenvalue weighted by Gasteiger charge is -2.25. The van der Waals surface area contributed by atoms with E-state index in [9.17, 15) is 4.79 Å². The van der Waals surface area contributed by atoms with Gasteiger partial charge < -0.3 is 10.1 Å². The number of ether oxygens (including phenoxy) is 1. The van der Waals surface area contributed by atoms with Gasteiger partial charge in [-0.2, -0.15) is 0 Å². The highest BCUT2D eigenvalue weighted by Crippen LogP contribution is 2.22. The Morgan fingerprint density at radius 3 is 2.34 bits per heavy atom. The van der Waals surface area contributed by atoms with Gasteiger partial charge in [0.2, 0.25) is 5.96 Å². The van der Waals surface area contributed by atoms with Crippen molar-refractivity contribution in [3.8, 4) is 0 Å². The molecule has 1 heterocycles. The van der Waals surface area contributed by atoms with Crippen molar-refractivity contribution in [3.63, 3.8) is 0 Å². The maximum Gasteiger partial charge on any atom is 0.257 e. The Morgan fingerprint density at radius 1 is 1.03 bits per heavy atom. The number of morpholine rings is 1. The summed E-state index contributed by atoms with van der Waals surface area (Å²) in [5.74, 6) is 0.290. The van der Waals surface area contributed by atoms with Gasteiger partial charge >= 0.3 is 0 Å². The first kappa shape index (κ1) is 24.0. The number of anilines is 1. The van der Waals surface area contributed by atoms with Crippen LogP contribution >= 0.6 is 0 Å². The first-order valence-corrected chi connectivity index (χ1v) is 11.3. The lowest BCUT2D eigenvalue weighted by Crippen LogP contribution is -2.39. The van der Waals surface area contributed by atoms with E-state index < -0.39 is 0 Å². The van der Waals surface area contributed by atoms with Gasteiger partial charge in [-0.1, -0.05) is 39.0 Å². The van der Waals surface area contributed by atoms with Crippen LogP contribution in [0.5, 0.6) is 0 Å². The summed E-state index contributed by atoms with van der Waals surface area (Å²) in [7, 11) is 0. The number of nitrogens with one attached hydrogen (secondary N) is 2. The maximum absolute atomic E-state index is 12.9. The maximum atomic E-state index is 12.9. The summed E-state index contributed by atoms with van der Waals surface area (Å²) >= 11 is 0. The van der Waals surface area contributed by atoms with Gasteiger partial charge in [0.15, 0.2) is 0 Å². The van der Waals surface area contributed by atoms with E-state index in [0.717, 1.165) is 38.5 Å². The van der Waals surface area contributed by atoms with Gasteiger partial charge in [0.05, 0.1) is 19.8 Å². The van der Waals surface area contributed by atoms with Crippen molar-refractivity contribution in [2.75, 3.05) is 44.7 Å². The molecule has 0 aromatic heterocycles. The van der Waals surface area contributed by atoms with Crippen molar-refractivity contribution in [1.29, 1.82) is 0 Å². The van der Waals surface area contributed by atoms with Crippen LogP contribution in [0.25, 0.3) is 0 Å². The smallest absolute Gasteiger partial charge is 0.257 e. The number of carbonyl (C=O) groups excluding carboxylic acids is 1. The number of aliphatic imine (C=N–C) groups is 1. The zero-order valence-corrected chi connectivity index (χ0v) is 20.0. The van der Waals surface area contributed by atoms with E-state index in [1.54, 1.807) is 0 Å². The minimum Gasteiger partial charge on any atom is -0.379 e. The topological polar surface area (TPSA) is 66.0 Å². The average molecular weight is 437 g/mol. The summed E-state index contributed by atoms with van der Waals surface area (Å²) in [6, 6.07) is 13.9. The molecule has 2 aromatic carbocycles. The van der Waals surface area contributed by atoms with Gasteiger partial charge in [-0.25, -0.2) is 0 Å². The quantitative estimate of drug-likeness (QED) is 0.546. The predicted molar refractivity (Wildman–Crippen MR) is 132 cm³/mol. The number of carbonyl (C=O) groups is 1. The van der Waals surface area contributed by atoms with Crippen LogP contribution in [0.4, 0.5) is 5.69 Å². The molecule has 0 aliphatic carbocycles. The van der Waals surface area contributed by atoms with Crippen LogP contribution in [0, 0.1) is 13.8 Å². The van der Waals surface area contributed by atoms with Crippen molar-refractivity contribution in [2.24, 2.45) is 4.99 Å². The molecule has 1 saturated heterocycles. The monoisotopic (exact) mass is 436 g/mol. The normalized spacial score (nSPS) is 15.5. The van der Waals surface area contributed by atoms with E-state index in [0.29, 0.717) is 18.1 Å². The van der Waals surface area contributed by atoms with E-state index >= 15 is 0 Å². The summed E-state index contributed by atoms with van der Waals surface area (Å²) in [5.41, 5.74) is 5.17. The molecule has 172 valence electrons. The van der Waals surface area contributed by atoms with E-state index in [2.05, 4.69) is 67.3 Å². The third kappa shape index (κ3) is 6.90. The second kappa shape index (κ2) is 10.7. The number of hydrogen-bond donors (Lipinski definition) is 2. The van der Waals surface area contributed by atoms with Crippen LogP contribution in [0.15, 0.2) is 47.5 Å². The second-order valence-electron chi connectivity index (χ2n) is 9.39. The highest BCUT2D eigenvalue weighted by Gasteiger charge is 2.15. The minimum absolute atomic E-state index is 0.0476. The van der Waals surface area contributed by atoms with Crippen LogP contribution in [0.2, 0.25) is 0 Å². The Hall–Kier alpha value is -2.70. The molecule has 1 aliphatic heterocycles. The summed E-state index contributed by atoms with van der Waals surface area (Å²) in [5, 5.41) is 6.26. The van der Waals surface area contributed by atoms with Crippen LogP contribution in [0.1, 0.15) is 47.8 Å². The number of guanidine groups is 1. The lowest BCUT2D eigenvalue weighted by molar-refractivity contribution is 0.0394. The Kier molecular flexibility index (Phi) is 8.04. The molecule has 2 aromatic rings. The molecular weight excluding hydrogens is 400 g/mol. The van der Waals surface area contributed by atoms with Crippen LogP contribution < -0.4 is 10.6 Å². The first-order chi connectivity index (χ1) is 15.2. The number of hydrogen-bond acceptors (Lipinski definition) is 4. The molecule has 1 aliphatic rings. The summed E-state index contributed by atoms with van der Waals surface area (Å²) in [6.45, 7) is 15.4. The molecule has 0 unspecified atom stereocenters. The molecule has 6 heteroatoms. The summed E-state index contributed by atoms with van der Waals surface area (Å²) in [4.78, 5) is 19.9. The molecule has 0 saturated carbocycles. The van der Waals surface area contributed by atoms with Gasteiger partial charge in [0.1, 0.15) is 0 Å². The second-order valence-corrected chi connectivity index (χ2v) is 9.39. The Morgan fingerprint density at radius 2 is 1.72 bits per heavy atom. The molecule has 2 N–H and O–H groups in total. The lowest BCUT2D eigenvalue weighted by atomic mass is 9.87. The third-order valence-electron chi connectivity index (χ3n) is 5.80. The minimum atomic E-state index is -0.174. The van der Waals surface area contributed by atoms with Crippen molar-refractivity contribution >= 4 is 17.6 Å². The SMILES string of the molecule is Cc1ccc(NC(=NCCN2CCOCC2)NC(=O)c2ccc(C(C)(C)C)cc2)cc1C. The van der Waals surface area contributed by atoms with E-state index in [1.807, 2.05) is 30.3 Å². The predicted octanol–water partition coefficient (Wildman–Crippen LogP) is 4.13. The standard InChI is InChI=1S/C26H36N4O2/c1-19-6-11-23(18-20(19)2)28-25(27-12-13-30-14-16-32-17-15-30)29-24(31)21-7-9-22(10-8-21)26(3,4)5/h6-11,18H,12-17H2,1-5H3,(H2,27,28,29,31). The van der Waals surface area contributed by atoms with Gasteiger partial charge in [0, 0.05) is 30.9 Å². The van der Waals surface area contributed by atoms with Crippen LogP contribution in [-0.4, -0.2) is 56.2 Å². The highest BCUT2D eigenvalue weighted by atomic mass is 16.5. The van der Waals surface area contributed by atoms with Gasteiger partial charge in [-0.05, 0) is 60.2 Å². The summed E-state index contributed by atoms with van der Waals surface area (Å²) < 4.78 is 5.41. The number of rotatable bonds is 5. The molecule has 1 amide bonds. The number of benzene rings is 2. The Labute approximate surface area is 192 Å². The first-order valence-electron chi connectivity index (χ1n) is 11.3. The molecule has 0 atom stereocenters. The fourth-order valence-corrected chi connectivity index (χ4v) is 3.50. The Bertz CT molecular complexity index is 939. The number of amides is 1. The largest absolute Gasteiger partial charge is 0.379 e. The number of nitrogens with zero attached hydrogens (tertiary/aromatic N) is 2. The van der Waals surface area contributed by atoms with Crippen molar-refractivity contribution in [3.05, 3.63) is 64.7 Å². The van der Waals surface area contributed by atoms with Gasteiger partial charge in [-0.3, -0.25) is 20.0 Å². The van der Waals surface area contributed by atoms with Crippen molar-refractivity contribution < 1.29 is 9.53 Å². The average Bonchev–Trinajstić information content (AvgIpc) is 2.76. The fourth-order valence-electron chi connectivity index (χ4n) is 3.50. The van der Waals surface area contributed by atoms with E-state index in [1.165, 1.54) is 16.7 Å². The molecule has 3 rings (SSSR count). The molecule has 0 spiro atoms. The zero-order valence-electron chi connectivity index (χ0n) is 20.0. The van der Waals surface area contributed by atoms with Gasteiger partial charge in [0.25, 0.3) is 5.91 Å². The Balaban J connectivity index is 1.72. The van der Waals surface area contributed by atoms with E-state index in [4.69, 9.17) is 4.74 Å². The number of aryl methyl sites for hydroxylation is 2.